The number of rotatable bonds is 6. The van der Waals surface area contributed by atoms with Gasteiger partial charge in [0.15, 0.2) is 6.10 Å². The quantitative estimate of drug-likeness (QED) is 0.543. The van der Waals surface area contributed by atoms with Crippen LogP contribution in [0.3, 0.4) is 0 Å². The maximum atomic E-state index is 10.7. The first-order valence-corrected chi connectivity index (χ1v) is 5.15. The van der Waals surface area contributed by atoms with Gasteiger partial charge in [-0.2, -0.15) is 0 Å². The molecule has 0 saturated carbocycles. The lowest BCUT2D eigenvalue weighted by molar-refractivity contribution is -0.158. The molecule has 1 atom stereocenters. The molecular formula is C9H13BrO5. The highest BCUT2D eigenvalue weighted by atomic mass is 79.9. The number of carbonyl (C=O) groups is 2. The first kappa shape index (κ1) is 14.0. The fraction of sp³-hybridized carbons (Fsp3) is 0.556. The Hall–Kier alpha value is -1.04. The second kappa shape index (κ2) is 8.28. The van der Waals surface area contributed by atoms with E-state index in [1.54, 1.807) is 0 Å². The Morgan fingerprint density at radius 1 is 1.27 bits per heavy atom. The third kappa shape index (κ3) is 9.27. The van der Waals surface area contributed by atoms with Gasteiger partial charge in [-0.1, -0.05) is 15.9 Å². The molecule has 0 bridgehead atoms. The van der Waals surface area contributed by atoms with Crippen molar-refractivity contribution < 1.29 is 23.8 Å². The molecule has 0 aliphatic rings. The molecule has 0 aromatic carbocycles. The molecule has 0 rings (SSSR count). The molecule has 0 saturated heterocycles. The van der Waals surface area contributed by atoms with E-state index < -0.39 is 18.0 Å². The second-order valence-corrected chi connectivity index (χ2v) is 3.16. The molecule has 0 N–H and O–H groups in total. The maximum absolute atomic E-state index is 10.7. The molecule has 0 aromatic rings. The number of esters is 2. The third-order valence-electron chi connectivity index (χ3n) is 1.23. The van der Waals surface area contributed by atoms with Crippen LogP contribution in [0.1, 0.15) is 13.8 Å². The summed E-state index contributed by atoms with van der Waals surface area (Å²) in [6, 6.07) is 0. The minimum Gasteiger partial charge on any atom is -0.497 e. The van der Waals surface area contributed by atoms with Crippen LogP contribution in [0.15, 0.2) is 11.2 Å². The normalized spacial score (nSPS) is 12.2. The van der Waals surface area contributed by atoms with E-state index in [1.807, 2.05) is 0 Å². The van der Waals surface area contributed by atoms with Gasteiger partial charge in [0, 0.05) is 18.8 Å². The summed E-state index contributed by atoms with van der Waals surface area (Å²) < 4.78 is 14.5. The molecule has 0 spiro atoms. The SMILES string of the molecule is CC(=O)OC[C@H](CO/C=C\Br)OC(C)=O. The summed E-state index contributed by atoms with van der Waals surface area (Å²) in [7, 11) is 0. The van der Waals surface area contributed by atoms with E-state index >= 15 is 0 Å². The summed E-state index contributed by atoms with van der Waals surface area (Å²) in [5.74, 6) is -0.873. The Morgan fingerprint density at radius 3 is 2.40 bits per heavy atom. The van der Waals surface area contributed by atoms with Gasteiger partial charge in [-0.25, -0.2) is 0 Å². The predicted octanol–water partition coefficient (Wildman–Crippen LogP) is 1.36. The van der Waals surface area contributed by atoms with Gasteiger partial charge in [0.1, 0.15) is 13.2 Å². The lowest BCUT2D eigenvalue weighted by atomic mass is 10.4. The van der Waals surface area contributed by atoms with Crippen LogP contribution in [0.5, 0.6) is 0 Å². The van der Waals surface area contributed by atoms with Gasteiger partial charge >= 0.3 is 11.9 Å². The Balaban J connectivity index is 3.93. The van der Waals surface area contributed by atoms with Crippen LogP contribution in [0.2, 0.25) is 0 Å². The molecule has 0 radical (unpaired) electrons. The van der Waals surface area contributed by atoms with E-state index in [0.717, 1.165) is 0 Å². The summed E-state index contributed by atoms with van der Waals surface area (Å²) in [6.07, 6.45) is 0.805. The summed E-state index contributed by atoms with van der Waals surface area (Å²) in [6.45, 7) is 2.69. The number of carbonyl (C=O) groups excluding carboxylic acids is 2. The average molecular weight is 281 g/mol. The fourth-order valence-electron chi connectivity index (χ4n) is 0.760. The van der Waals surface area contributed by atoms with E-state index in [4.69, 9.17) is 14.2 Å². The van der Waals surface area contributed by atoms with Gasteiger partial charge < -0.3 is 14.2 Å². The highest BCUT2D eigenvalue weighted by molar-refractivity contribution is 9.11. The maximum Gasteiger partial charge on any atom is 0.303 e. The van der Waals surface area contributed by atoms with Crippen LogP contribution in [-0.4, -0.2) is 31.3 Å². The van der Waals surface area contributed by atoms with Gasteiger partial charge in [-0.05, 0) is 0 Å². The largest absolute Gasteiger partial charge is 0.497 e. The average Bonchev–Trinajstić information content (AvgIpc) is 2.13. The molecule has 0 unspecified atom stereocenters. The standard InChI is InChI=1S/C9H13BrO5/c1-7(11)14-6-9(15-8(2)12)5-13-4-3-10/h3-4,9H,5-6H2,1-2H3/b4-3-/t9-/m0/s1. The van der Waals surface area contributed by atoms with Crippen molar-refractivity contribution in [2.24, 2.45) is 0 Å². The zero-order valence-corrected chi connectivity index (χ0v) is 10.2. The first-order chi connectivity index (χ1) is 7.06. The highest BCUT2D eigenvalue weighted by Gasteiger charge is 2.13. The number of ether oxygens (including phenoxy) is 3. The minimum atomic E-state index is -0.588. The minimum absolute atomic E-state index is 0.00889. The number of halogens is 1. The number of hydrogen-bond donors (Lipinski definition) is 0. The van der Waals surface area contributed by atoms with Crippen molar-refractivity contribution in [3.63, 3.8) is 0 Å². The van der Waals surface area contributed by atoms with Crippen molar-refractivity contribution in [2.45, 2.75) is 20.0 Å². The molecule has 86 valence electrons. The van der Waals surface area contributed by atoms with Gasteiger partial charge in [0.2, 0.25) is 0 Å². The zero-order valence-electron chi connectivity index (χ0n) is 8.57. The lowest BCUT2D eigenvalue weighted by Gasteiger charge is -2.15. The van der Waals surface area contributed by atoms with Gasteiger partial charge in [0.25, 0.3) is 0 Å². The smallest absolute Gasteiger partial charge is 0.303 e. The molecule has 6 heteroatoms. The summed E-state index contributed by atoms with van der Waals surface area (Å²) >= 11 is 3.01. The van der Waals surface area contributed by atoms with Crippen LogP contribution in [0, 0.1) is 0 Å². The highest BCUT2D eigenvalue weighted by Crippen LogP contribution is 1.98. The molecule has 15 heavy (non-hydrogen) atoms. The Labute approximate surface area is 96.5 Å². The van der Waals surface area contributed by atoms with Crippen LogP contribution in [0.25, 0.3) is 0 Å². The van der Waals surface area contributed by atoms with Crippen molar-refractivity contribution in [1.82, 2.24) is 0 Å². The molecule has 0 amide bonds. The predicted molar refractivity (Wildman–Crippen MR) is 56.2 cm³/mol. The van der Waals surface area contributed by atoms with E-state index in [9.17, 15) is 9.59 Å². The van der Waals surface area contributed by atoms with E-state index in [0.29, 0.717) is 0 Å². The van der Waals surface area contributed by atoms with Crippen LogP contribution >= 0.6 is 15.9 Å². The van der Waals surface area contributed by atoms with E-state index in [-0.39, 0.29) is 13.2 Å². The molecule has 0 aliphatic heterocycles. The molecule has 0 fully saturated rings. The molecule has 0 aliphatic carbocycles. The fourth-order valence-corrected chi connectivity index (χ4v) is 0.913. The second-order valence-electron chi connectivity index (χ2n) is 2.63. The van der Waals surface area contributed by atoms with Crippen LogP contribution in [0.4, 0.5) is 0 Å². The molecule has 5 nitrogen and oxygen atoms in total. The zero-order chi connectivity index (χ0) is 11.7. The van der Waals surface area contributed by atoms with Crippen LogP contribution in [-0.2, 0) is 23.8 Å². The van der Waals surface area contributed by atoms with Gasteiger partial charge in [-0.15, -0.1) is 0 Å². The Morgan fingerprint density at radius 2 is 1.93 bits per heavy atom. The lowest BCUT2D eigenvalue weighted by Crippen LogP contribution is -2.27. The molecular weight excluding hydrogens is 268 g/mol. The topological polar surface area (TPSA) is 61.8 Å². The Kier molecular flexibility index (Phi) is 7.71. The van der Waals surface area contributed by atoms with Crippen molar-refractivity contribution in [3.05, 3.63) is 11.2 Å². The van der Waals surface area contributed by atoms with Gasteiger partial charge in [0.05, 0.1) is 6.26 Å². The molecule has 0 heterocycles. The Bertz CT molecular complexity index is 239. The van der Waals surface area contributed by atoms with E-state index in [1.165, 1.54) is 25.1 Å². The monoisotopic (exact) mass is 280 g/mol. The summed E-state index contributed by atoms with van der Waals surface area (Å²) in [5, 5.41) is 0. The van der Waals surface area contributed by atoms with Crippen molar-refractivity contribution >= 4 is 27.9 Å². The van der Waals surface area contributed by atoms with Crippen molar-refractivity contribution in [1.29, 1.82) is 0 Å². The van der Waals surface area contributed by atoms with Crippen LogP contribution < -0.4 is 0 Å². The van der Waals surface area contributed by atoms with Gasteiger partial charge in [-0.3, -0.25) is 9.59 Å². The first-order valence-electron chi connectivity index (χ1n) is 4.23. The summed E-state index contributed by atoms with van der Waals surface area (Å²) in [4.78, 5) is 22.7. The molecule has 0 aromatic heterocycles. The van der Waals surface area contributed by atoms with E-state index in [2.05, 4.69) is 15.9 Å². The third-order valence-corrected chi connectivity index (χ3v) is 1.45. The summed E-state index contributed by atoms with van der Waals surface area (Å²) in [5.41, 5.74) is 0. The number of hydrogen-bond acceptors (Lipinski definition) is 5. The van der Waals surface area contributed by atoms with Crippen molar-refractivity contribution in [2.75, 3.05) is 13.2 Å². The van der Waals surface area contributed by atoms with Crippen molar-refractivity contribution in [3.8, 4) is 0 Å².